The summed E-state index contributed by atoms with van der Waals surface area (Å²) in [6.45, 7) is 4.39. The highest BCUT2D eigenvalue weighted by Gasteiger charge is 2.27. The summed E-state index contributed by atoms with van der Waals surface area (Å²) in [5.41, 5.74) is 4.33. The van der Waals surface area contributed by atoms with Crippen LogP contribution in [0.3, 0.4) is 0 Å². The number of hydrogen-bond donors (Lipinski definition) is 0. The number of fused-ring (bicyclic) bond motifs is 1. The number of aryl methyl sites for hydroxylation is 2. The summed E-state index contributed by atoms with van der Waals surface area (Å²) < 4.78 is 36.0. The van der Waals surface area contributed by atoms with Crippen molar-refractivity contribution in [2.75, 3.05) is 13.1 Å². The second-order valence-corrected chi connectivity index (χ2v) is 9.26. The Morgan fingerprint density at radius 2 is 1.91 bits per heavy atom. The van der Waals surface area contributed by atoms with E-state index >= 15 is 0 Å². The molecule has 8 heteroatoms. The molecular formula is C26H25ClF2N4O. The topological polar surface area (TPSA) is 43.2 Å². The summed E-state index contributed by atoms with van der Waals surface area (Å²) >= 11 is 5.77. The van der Waals surface area contributed by atoms with E-state index in [0.717, 1.165) is 54.7 Å². The van der Waals surface area contributed by atoms with E-state index in [1.165, 1.54) is 23.8 Å². The lowest BCUT2D eigenvalue weighted by Gasteiger charge is -2.16. The molecule has 0 saturated carbocycles. The summed E-state index contributed by atoms with van der Waals surface area (Å²) in [5.74, 6) is 0.159. The lowest BCUT2D eigenvalue weighted by atomic mass is 10.0. The maximum absolute atomic E-state index is 14.4. The van der Waals surface area contributed by atoms with E-state index in [1.54, 1.807) is 6.07 Å². The highest BCUT2D eigenvalue weighted by Crippen LogP contribution is 2.29. The van der Waals surface area contributed by atoms with Gasteiger partial charge in [-0.15, -0.1) is 0 Å². The predicted octanol–water partition coefficient (Wildman–Crippen LogP) is 5.78. The third-order valence-electron chi connectivity index (χ3n) is 6.38. The molecule has 0 N–H and O–H groups in total. The summed E-state index contributed by atoms with van der Waals surface area (Å²) in [6, 6.07) is 13.5. The Morgan fingerprint density at radius 1 is 1.06 bits per heavy atom. The van der Waals surface area contributed by atoms with Crippen LogP contribution in [0.1, 0.15) is 35.1 Å². The Balaban J connectivity index is 1.27. The van der Waals surface area contributed by atoms with E-state index in [4.69, 9.17) is 21.3 Å². The second-order valence-electron chi connectivity index (χ2n) is 8.83. The van der Waals surface area contributed by atoms with Gasteiger partial charge in [0.1, 0.15) is 23.9 Å². The van der Waals surface area contributed by atoms with Gasteiger partial charge in [-0.3, -0.25) is 9.88 Å². The zero-order chi connectivity index (χ0) is 23.8. The molecule has 1 aliphatic heterocycles. The molecule has 3 heterocycles. The van der Waals surface area contributed by atoms with Crippen molar-refractivity contribution in [3.63, 3.8) is 0 Å². The molecule has 4 aromatic rings. The highest BCUT2D eigenvalue weighted by atomic mass is 35.5. The summed E-state index contributed by atoms with van der Waals surface area (Å²) in [7, 11) is 2.05. The Labute approximate surface area is 202 Å². The number of ether oxygens (including phenoxy) is 1. The van der Waals surface area contributed by atoms with Crippen LogP contribution < -0.4 is 4.74 Å². The van der Waals surface area contributed by atoms with Gasteiger partial charge in [-0.2, -0.15) is 0 Å². The fourth-order valence-electron chi connectivity index (χ4n) is 4.48. The van der Waals surface area contributed by atoms with Crippen LogP contribution in [0.4, 0.5) is 8.78 Å². The number of aromatic nitrogens is 3. The van der Waals surface area contributed by atoms with Gasteiger partial charge in [0, 0.05) is 30.2 Å². The third-order valence-corrected chi connectivity index (χ3v) is 6.62. The van der Waals surface area contributed by atoms with Crippen molar-refractivity contribution in [3.8, 4) is 5.75 Å². The van der Waals surface area contributed by atoms with E-state index in [2.05, 4.69) is 46.6 Å². The smallest absolute Gasteiger partial charge is 0.166 e. The van der Waals surface area contributed by atoms with E-state index in [1.807, 2.05) is 0 Å². The molecule has 0 unspecified atom stereocenters. The predicted molar refractivity (Wildman–Crippen MR) is 128 cm³/mol. The molecule has 0 spiro atoms. The second kappa shape index (κ2) is 9.31. The molecule has 0 amide bonds. The van der Waals surface area contributed by atoms with Crippen LogP contribution in [-0.4, -0.2) is 32.5 Å². The van der Waals surface area contributed by atoms with Crippen molar-refractivity contribution in [2.24, 2.45) is 7.05 Å². The van der Waals surface area contributed by atoms with E-state index < -0.39 is 11.6 Å². The van der Waals surface area contributed by atoms with Crippen LogP contribution in [-0.2, 0) is 20.2 Å². The number of rotatable bonds is 6. The maximum Gasteiger partial charge on any atom is 0.166 e. The Hall–Kier alpha value is -3.03. The van der Waals surface area contributed by atoms with Crippen molar-refractivity contribution in [3.05, 3.63) is 88.0 Å². The van der Waals surface area contributed by atoms with E-state index in [9.17, 15) is 8.78 Å². The summed E-state index contributed by atoms with van der Waals surface area (Å²) in [6.07, 6.45) is 0.924. The first-order valence-electron chi connectivity index (χ1n) is 11.2. The van der Waals surface area contributed by atoms with Gasteiger partial charge in [0.25, 0.3) is 0 Å². The SMILES string of the molecule is Cc1ccc2nc(CN3CC[C@H](c4ccc(F)c(COc5ccc(Cl)cc5F)n4)C3)n(C)c2c1. The molecule has 176 valence electrons. The van der Waals surface area contributed by atoms with E-state index in [0.29, 0.717) is 0 Å². The van der Waals surface area contributed by atoms with Crippen molar-refractivity contribution in [1.82, 2.24) is 19.4 Å². The zero-order valence-corrected chi connectivity index (χ0v) is 19.8. The van der Waals surface area contributed by atoms with Gasteiger partial charge in [0.2, 0.25) is 0 Å². The molecule has 0 radical (unpaired) electrons. The number of pyridine rings is 1. The molecule has 5 rings (SSSR count). The van der Waals surface area contributed by atoms with E-state index in [-0.39, 0.29) is 29.0 Å². The van der Waals surface area contributed by atoms with Crippen LogP contribution in [0.15, 0.2) is 48.5 Å². The number of imidazole rings is 1. The van der Waals surface area contributed by atoms with Crippen molar-refractivity contribution in [1.29, 1.82) is 0 Å². The van der Waals surface area contributed by atoms with Crippen LogP contribution in [0.2, 0.25) is 5.02 Å². The minimum atomic E-state index is -0.590. The molecule has 1 saturated heterocycles. The number of halogens is 3. The first-order valence-corrected chi connectivity index (χ1v) is 11.6. The van der Waals surface area contributed by atoms with Gasteiger partial charge in [-0.25, -0.2) is 13.8 Å². The van der Waals surface area contributed by atoms with Gasteiger partial charge < -0.3 is 9.30 Å². The fourth-order valence-corrected chi connectivity index (χ4v) is 4.64. The average molecular weight is 483 g/mol. The minimum absolute atomic E-state index is 0.0145. The Bertz CT molecular complexity index is 1360. The molecule has 0 aliphatic carbocycles. The Morgan fingerprint density at radius 3 is 2.74 bits per heavy atom. The fraction of sp³-hybridized carbons (Fsp3) is 0.308. The maximum atomic E-state index is 14.4. The average Bonchev–Trinajstić information content (AvgIpc) is 3.39. The quantitative estimate of drug-likeness (QED) is 0.349. The zero-order valence-electron chi connectivity index (χ0n) is 19.1. The molecule has 34 heavy (non-hydrogen) atoms. The molecule has 1 fully saturated rings. The normalized spacial score (nSPS) is 16.4. The first kappa shape index (κ1) is 22.7. The monoisotopic (exact) mass is 482 g/mol. The van der Waals surface area contributed by atoms with Gasteiger partial charge >= 0.3 is 0 Å². The number of likely N-dealkylation sites (tertiary alicyclic amines) is 1. The first-order chi connectivity index (χ1) is 16.4. The number of hydrogen-bond acceptors (Lipinski definition) is 4. The van der Waals surface area contributed by atoms with Crippen molar-refractivity contribution in [2.45, 2.75) is 32.4 Å². The molecule has 2 aromatic carbocycles. The molecular weight excluding hydrogens is 458 g/mol. The summed E-state index contributed by atoms with van der Waals surface area (Å²) in [4.78, 5) is 11.7. The molecule has 1 atom stereocenters. The largest absolute Gasteiger partial charge is 0.484 e. The standard InChI is InChI=1S/C26H25ClF2N4O/c1-16-3-6-22-24(11-16)32(2)26(31-22)14-33-10-9-17(13-33)21-7-5-19(28)23(30-21)15-34-25-8-4-18(27)12-20(25)29/h3-8,11-12,17H,9-10,13-15H2,1-2H3/t17-/m0/s1. The van der Waals surface area contributed by atoms with Crippen LogP contribution >= 0.6 is 11.6 Å². The van der Waals surface area contributed by atoms with Gasteiger partial charge in [0.05, 0.1) is 17.6 Å². The number of benzene rings is 2. The molecule has 5 nitrogen and oxygen atoms in total. The van der Waals surface area contributed by atoms with Gasteiger partial charge in [0.15, 0.2) is 11.6 Å². The van der Waals surface area contributed by atoms with Crippen LogP contribution in [0, 0.1) is 18.6 Å². The van der Waals surface area contributed by atoms with Gasteiger partial charge in [-0.1, -0.05) is 17.7 Å². The number of nitrogens with zero attached hydrogens (tertiary/aromatic N) is 4. The molecule has 1 aliphatic rings. The third kappa shape index (κ3) is 4.63. The van der Waals surface area contributed by atoms with Crippen molar-refractivity contribution < 1.29 is 13.5 Å². The minimum Gasteiger partial charge on any atom is -0.484 e. The Kier molecular flexibility index (Phi) is 6.23. The highest BCUT2D eigenvalue weighted by molar-refractivity contribution is 6.30. The van der Waals surface area contributed by atoms with Crippen LogP contribution in [0.5, 0.6) is 5.75 Å². The molecule has 2 aromatic heterocycles. The van der Waals surface area contributed by atoms with Crippen molar-refractivity contribution >= 4 is 22.6 Å². The molecule has 0 bridgehead atoms. The lowest BCUT2D eigenvalue weighted by Crippen LogP contribution is -2.22. The summed E-state index contributed by atoms with van der Waals surface area (Å²) in [5, 5.41) is 0.274. The van der Waals surface area contributed by atoms with Crippen LogP contribution in [0.25, 0.3) is 11.0 Å². The van der Waals surface area contributed by atoms with Gasteiger partial charge in [-0.05, 0) is 67.9 Å². The lowest BCUT2D eigenvalue weighted by molar-refractivity contribution is 0.279.